The average Bonchev–Trinajstić information content (AvgIpc) is 2.89. The first-order valence-corrected chi connectivity index (χ1v) is 7.63. The summed E-state index contributed by atoms with van der Waals surface area (Å²) in [6.07, 6.45) is 0. The Morgan fingerprint density at radius 3 is 2.48 bits per heavy atom. The van der Waals surface area contributed by atoms with Crippen molar-refractivity contribution in [1.29, 1.82) is 0 Å². The lowest BCUT2D eigenvalue weighted by atomic mass is 9.95. The Morgan fingerprint density at radius 2 is 1.81 bits per heavy atom. The molecule has 0 aliphatic carbocycles. The Hall–Kier alpha value is -1.80. The summed E-state index contributed by atoms with van der Waals surface area (Å²) in [5.74, 6) is 1.52. The Labute approximate surface area is 127 Å². The Balaban J connectivity index is 1.74. The zero-order valence-electron chi connectivity index (χ0n) is 13.1. The van der Waals surface area contributed by atoms with E-state index in [9.17, 15) is 0 Å². The number of hydrogen-bond acceptors (Lipinski definition) is 2. The first-order chi connectivity index (χ1) is 10.2. The molecule has 0 N–H and O–H groups in total. The molecule has 0 atom stereocenters. The van der Waals surface area contributed by atoms with Crippen LogP contribution in [0.15, 0.2) is 42.5 Å². The maximum atomic E-state index is 5.22. The van der Waals surface area contributed by atoms with E-state index in [4.69, 9.17) is 4.74 Å². The molecule has 0 saturated heterocycles. The van der Waals surface area contributed by atoms with E-state index in [-0.39, 0.29) is 0 Å². The molecule has 1 heterocycles. The molecule has 2 aromatic rings. The van der Waals surface area contributed by atoms with Crippen LogP contribution >= 0.6 is 0 Å². The molecule has 0 radical (unpaired) electrons. The summed E-state index contributed by atoms with van der Waals surface area (Å²) < 4.78 is 5.22. The highest BCUT2D eigenvalue weighted by Gasteiger charge is 2.22. The normalized spacial score (nSPS) is 14.5. The van der Waals surface area contributed by atoms with Crippen molar-refractivity contribution >= 4 is 0 Å². The molecule has 0 amide bonds. The van der Waals surface area contributed by atoms with E-state index in [1.807, 2.05) is 12.1 Å². The molecule has 2 nitrogen and oxygen atoms in total. The summed E-state index contributed by atoms with van der Waals surface area (Å²) in [5.41, 5.74) is 5.88. The van der Waals surface area contributed by atoms with Gasteiger partial charge in [-0.15, -0.1) is 0 Å². The third kappa shape index (κ3) is 2.96. The standard InChI is InChI=1S/C19H23NO/c1-14(2)18-6-4-5-16-12-20(13-19(16)18)11-15-7-9-17(21-3)10-8-15/h4-10,14H,11-13H2,1-3H3. The van der Waals surface area contributed by atoms with Crippen molar-refractivity contribution in [3.8, 4) is 5.75 Å². The zero-order valence-corrected chi connectivity index (χ0v) is 13.1. The van der Waals surface area contributed by atoms with Gasteiger partial charge in [-0.2, -0.15) is 0 Å². The summed E-state index contributed by atoms with van der Waals surface area (Å²) in [4.78, 5) is 2.51. The van der Waals surface area contributed by atoms with Crippen molar-refractivity contribution in [2.45, 2.75) is 39.4 Å². The number of methoxy groups -OCH3 is 1. The Morgan fingerprint density at radius 1 is 1.05 bits per heavy atom. The summed E-state index contributed by atoms with van der Waals surface area (Å²) >= 11 is 0. The van der Waals surface area contributed by atoms with Crippen LogP contribution < -0.4 is 4.74 Å². The summed E-state index contributed by atoms with van der Waals surface area (Å²) in [5, 5.41) is 0. The zero-order chi connectivity index (χ0) is 14.8. The van der Waals surface area contributed by atoms with Gasteiger partial charge in [-0.1, -0.05) is 44.2 Å². The van der Waals surface area contributed by atoms with Crippen LogP contribution in [0.2, 0.25) is 0 Å². The Bertz CT molecular complexity index is 616. The summed E-state index contributed by atoms with van der Waals surface area (Å²) in [6.45, 7) is 7.68. The fraction of sp³-hybridized carbons (Fsp3) is 0.368. The van der Waals surface area contributed by atoms with Crippen LogP contribution in [-0.2, 0) is 19.6 Å². The smallest absolute Gasteiger partial charge is 0.118 e. The van der Waals surface area contributed by atoms with Crippen LogP contribution in [0.4, 0.5) is 0 Å². The van der Waals surface area contributed by atoms with Crippen LogP contribution in [-0.4, -0.2) is 12.0 Å². The van der Waals surface area contributed by atoms with Crippen LogP contribution in [0.1, 0.15) is 42.0 Å². The third-order valence-corrected chi connectivity index (χ3v) is 4.27. The van der Waals surface area contributed by atoms with E-state index in [1.165, 1.54) is 16.7 Å². The maximum absolute atomic E-state index is 5.22. The van der Waals surface area contributed by atoms with Crippen LogP contribution in [0.5, 0.6) is 5.75 Å². The topological polar surface area (TPSA) is 12.5 Å². The minimum atomic E-state index is 0.598. The molecule has 0 bridgehead atoms. The highest BCUT2D eigenvalue weighted by molar-refractivity contribution is 5.40. The van der Waals surface area contributed by atoms with Gasteiger partial charge in [0.1, 0.15) is 5.75 Å². The second kappa shape index (κ2) is 5.90. The fourth-order valence-corrected chi connectivity index (χ4v) is 3.16. The lowest BCUT2D eigenvalue weighted by molar-refractivity contribution is 0.275. The van der Waals surface area contributed by atoms with Gasteiger partial charge in [0.25, 0.3) is 0 Å². The highest BCUT2D eigenvalue weighted by Crippen LogP contribution is 2.31. The van der Waals surface area contributed by atoms with Gasteiger partial charge in [0, 0.05) is 19.6 Å². The second-order valence-corrected chi connectivity index (χ2v) is 6.13. The van der Waals surface area contributed by atoms with Crippen molar-refractivity contribution in [2.75, 3.05) is 7.11 Å². The quantitative estimate of drug-likeness (QED) is 0.827. The summed E-state index contributed by atoms with van der Waals surface area (Å²) in [7, 11) is 1.71. The van der Waals surface area contributed by atoms with Gasteiger partial charge >= 0.3 is 0 Å². The Kier molecular flexibility index (Phi) is 3.98. The molecule has 0 spiro atoms. The van der Waals surface area contributed by atoms with E-state index < -0.39 is 0 Å². The SMILES string of the molecule is COc1ccc(CN2Cc3cccc(C(C)C)c3C2)cc1. The van der Waals surface area contributed by atoms with Crippen molar-refractivity contribution < 1.29 is 4.74 Å². The first-order valence-electron chi connectivity index (χ1n) is 7.63. The molecule has 3 rings (SSSR count). The monoisotopic (exact) mass is 281 g/mol. The molecule has 2 aromatic carbocycles. The van der Waals surface area contributed by atoms with Crippen molar-refractivity contribution in [3.63, 3.8) is 0 Å². The largest absolute Gasteiger partial charge is 0.497 e. The van der Waals surface area contributed by atoms with Gasteiger partial charge in [0.05, 0.1) is 7.11 Å². The molecule has 1 aliphatic rings. The van der Waals surface area contributed by atoms with Crippen LogP contribution in [0, 0.1) is 0 Å². The molecule has 0 saturated carbocycles. The van der Waals surface area contributed by atoms with Gasteiger partial charge in [0.15, 0.2) is 0 Å². The molecule has 0 fully saturated rings. The molecule has 1 aliphatic heterocycles. The van der Waals surface area contributed by atoms with E-state index >= 15 is 0 Å². The predicted octanol–water partition coefficient (Wildman–Crippen LogP) is 4.33. The van der Waals surface area contributed by atoms with E-state index in [1.54, 1.807) is 12.7 Å². The van der Waals surface area contributed by atoms with Crippen molar-refractivity contribution in [3.05, 3.63) is 64.7 Å². The van der Waals surface area contributed by atoms with Gasteiger partial charge in [-0.05, 0) is 40.3 Å². The highest BCUT2D eigenvalue weighted by atomic mass is 16.5. The number of hydrogen-bond donors (Lipinski definition) is 0. The van der Waals surface area contributed by atoms with Gasteiger partial charge in [-0.3, -0.25) is 4.90 Å². The van der Waals surface area contributed by atoms with Crippen molar-refractivity contribution in [1.82, 2.24) is 4.90 Å². The molecule has 0 unspecified atom stereocenters. The molecular weight excluding hydrogens is 258 g/mol. The molecule has 21 heavy (non-hydrogen) atoms. The fourth-order valence-electron chi connectivity index (χ4n) is 3.16. The molecular formula is C19H23NO. The summed E-state index contributed by atoms with van der Waals surface area (Å²) in [6, 6.07) is 15.1. The van der Waals surface area contributed by atoms with Crippen LogP contribution in [0.25, 0.3) is 0 Å². The van der Waals surface area contributed by atoms with Gasteiger partial charge in [-0.25, -0.2) is 0 Å². The molecule has 110 valence electrons. The maximum Gasteiger partial charge on any atom is 0.118 e. The lowest BCUT2D eigenvalue weighted by Gasteiger charge is -2.16. The van der Waals surface area contributed by atoms with Gasteiger partial charge in [0.2, 0.25) is 0 Å². The number of rotatable bonds is 4. The third-order valence-electron chi connectivity index (χ3n) is 4.27. The predicted molar refractivity (Wildman–Crippen MR) is 86.5 cm³/mol. The number of benzene rings is 2. The minimum Gasteiger partial charge on any atom is -0.497 e. The van der Waals surface area contributed by atoms with E-state index in [0.29, 0.717) is 5.92 Å². The van der Waals surface area contributed by atoms with Crippen molar-refractivity contribution in [2.24, 2.45) is 0 Å². The minimum absolute atomic E-state index is 0.598. The number of nitrogens with zero attached hydrogens (tertiary/aromatic N) is 1. The van der Waals surface area contributed by atoms with E-state index in [0.717, 1.165) is 25.4 Å². The second-order valence-electron chi connectivity index (χ2n) is 6.13. The molecule has 0 aromatic heterocycles. The lowest BCUT2D eigenvalue weighted by Crippen LogP contribution is -2.15. The first kappa shape index (κ1) is 14.2. The number of fused-ring (bicyclic) bond motifs is 1. The van der Waals surface area contributed by atoms with E-state index in [2.05, 4.69) is 49.1 Å². The van der Waals surface area contributed by atoms with Crippen LogP contribution in [0.3, 0.4) is 0 Å². The molecule has 2 heteroatoms. The average molecular weight is 281 g/mol. The number of ether oxygens (including phenoxy) is 1. The van der Waals surface area contributed by atoms with Gasteiger partial charge < -0.3 is 4.74 Å².